The molecule has 0 bridgehead atoms. The Morgan fingerprint density at radius 3 is 3.00 bits per heavy atom. The van der Waals surface area contributed by atoms with E-state index in [4.69, 9.17) is 4.74 Å². The lowest BCUT2D eigenvalue weighted by Crippen LogP contribution is -2.43. The number of alkyl halides is 1. The van der Waals surface area contributed by atoms with E-state index < -0.39 is 12.2 Å². The highest BCUT2D eigenvalue weighted by Crippen LogP contribution is 2.28. The number of hydrogen-bond acceptors (Lipinski definition) is 5. The van der Waals surface area contributed by atoms with Crippen LogP contribution in [-0.2, 0) is 11.3 Å². The van der Waals surface area contributed by atoms with Gasteiger partial charge in [0.2, 0.25) is 0 Å². The van der Waals surface area contributed by atoms with Gasteiger partial charge in [-0.3, -0.25) is 9.48 Å². The number of carbonyl (C=O) groups is 1. The first-order valence-corrected chi connectivity index (χ1v) is 7.04. The molecule has 7 nitrogen and oxygen atoms in total. The van der Waals surface area contributed by atoms with Crippen molar-refractivity contribution >= 4 is 5.91 Å². The normalized spacial score (nSPS) is 27.7. The van der Waals surface area contributed by atoms with Crippen LogP contribution in [0.1, 0.15) is 23.8 Å². The molecule has 3 heterocycles. The molecule has 3 rings (SSSR count). The van der Waals surface area contributed by atoms with Crippen molar-refractivity contribution < 1.29 is 19.0 Å². The molecule has 1 aromatic rings. The number of nitrogens with zero attached hydrogens (tertiary/aromatic N) is 4. The largest absolute Gasteiger partial charge is 0.394 e. The second-order valence-electron chi connectivity index (χ2n) is 6.23. The molecular weight excluding hydrogens is 279 g/mol. The van der Waals surface area contributed by atoms with E-state index >= 15 is 0 Å². The lowest BCUT2D eigenvalue weighted by atomic mass is 9.89. The van der Waals surface area contributed by atoms with Crippen LogP contribution >= 0.6 is 0 Å². The SMILES string of the molecule is CC1(Cn2cc(C(=O)N3CC(F)CC3CO)nn2)COC1. The van der Waals surface area contributed by atoms with E-state index in [0.29, 0.717) is 19.8 Å². The van der Waals surface area contributed by atoms with Crippen LogP contribution in [0.15, 0.2) is 6.20 Å². The summed E-state index contributed by atoms with van der Waals surface area (Å²) in [5.41, 5.74) is 0.214. The topological polar surface area (TPSA) is 80.5 Å². The highest BCUT2D eigenvalue weighted by atomic mass is 19.1. The smallest absolute Gasteiger partial charge is 0.276 e. The standard InChI is InChI=1S/C13H19FN4O3/c1-13(7-21-8-13)6-17-4-11(15-16-17)12(20)18-3-9(14)2-10(18)5-19/h4,9-10,19H,2-3,5-8H2,1H3. The minimum absolute atomic E-state index is 0.00246. The van der Waals surface area contributed by atoms with Crippen molar-refractivity contribution in [1.29, 1.82) is 0 Å². The van der Waals surface area contributed by atoms with E-state index in [2.05, 4.69) is 17.2 Å². The molecular formula is C13H19FN4O3. The number of halogens is 1. The lowest BCUT2D eigenvalue weighted by molar-refractivity contribution is -0.111. The van der Waals surface area contributed by atoms with Crippen LogP contribution in [0.3, 0.4) is 0 Å². The third-order valence-electron chi connectivity index (χ3n) is 4.04. The van der Waals surface area contributed by atoms with Crippen LogP contribution in [0, 0.1) is 5.41 Å². The van der Waals surface area contributed by atoms with Crippen molar-refractivity contribution in [2.45, 2.75) is 32.1 Å². The molecule has 0 saturated carbocycles. The van der Waals surface area contributed by atoms with Crippen LogP contribution in [0.4, 0.5) is 4.39 Å². The van der Waals surface area contributed by atoms with Gasteiger partial charge >= 0.3 is 0 Å². The van der Waals surface area contributed by atoms with Gasteiger partial charge in [-0.1, -0.05) is 12.1 Å². The second-order valence-corrected chi connectivity index (χ2v) is 6.23. The van der Waals surface area contributed by atoms with E-state index in [9.17, 15) is 14.3 Å². The summed E-state index contributed by atoms with van der Waals surface area (Å²) in [5, 5.41) is 17.1. The molecule has 0 aromatic carbocycles. The Hall–Kier alpha value is -1.54. The molecule has 8 heteroatoms. The van der Waals surface area contributed by atoms with Gasteiger partial charge in [0.15, 0.2) is 5.69 Å². The molecule has 2 aliphatic heterocycles. The quantitative estimate of drug-likeness (QED) is 0.837. The number of aliphatic hydroxyl groups excluding tert-OH is 1. The zero-order chi connectivity index (χ0) is 15.0. The van der Waals surface area contributed by atoms with E-state index in [-0.39, 0.29) is 36.6 Å². The maximum absolute atomic E-state index is 13.4. The van der Waals surface area contributed by atoms with Crippen molar-refractivity contribution in [2.24, 2.45) is 5.41 Å². The van der Waals surface area contributed by atoms with Gasteiger partial charge in [-0.05, 0) is 0 Å². The average molecular weight is 298 g/mol. The first kappa shape index (κ1) is 14.4. The zero-order valence-electron chi connectivity index (χ0n) is 11.9. The number of aromatic nitrogens is 3. The number of ether oxygens (including phenoxy) is 1. The number of carbonyl (C=O) groups excluding carboxylic acids is 1. The lowest BCUT2D eigenvalue weighted by Gasteiger charge is -2.37. The summed E-state index contributed by atoms with van der Waals surface area (Å²) in [6.07, 6.45) is 0.657. The van der Waals surface area contributed by atoms with Crippen LogP contribution in [0.2, 0.25) is 0 Å². The molecule has 1 amide bonds. The maximum atomic E-state index is 13.4. The van der Waals surface area contributed by atoms with E-state index in [1.165, 1.54) is 4.90 Å². The summed E-state index contributed by atoms with van der Waals surface area (Å²) < 4.78 is 20.2. The first-order valence-electron chi connectivity index (χ1n) is 7.04. The fraction of sp³-hybridized carbons (Fsp3) is 0.769. The molecule has 0 aliphatic carbocycles. The summed E-state index contributed by atoms with van der Waals surface area (Å²) in [6, 6.07) is -0.477. The molecule has 2 aliphatic rings. The number of likely N-dealkylation sites (tertiary alicyclic amines) is 1. The molecule has 0 spiro atoms. The molecule has 21 heavy (non-hydrogen) atoms. The average Bonchev–Trinajstić information content (AvgIpc) is 3.02. The van der Waals surface area contributed by atoms with Gasteiger partial charge in [0.1, 0.15) is 6.17 Å². The van der Waals surface area contributed by atoms with Gasteiger partial charge in [0.05, 0.1) is 45.1 Å². The summed E-state index contributed by atoms with van der Waals surface area (Å²) in [6.45, 7) is 3.80. The second kappa shape index (κ2) is 5.34. The van der Waals surface area contributed by atoms with Crippen molar-refractivity contribution in [1.82, 2.24) is 19.9 Å². The fourth-order valence-corrected chi connectivity index (χ4v) is 2.84. The van der Waals surface area contributed by atoms with Gasteiger partial charge in [-0.2, -0.15) is 0 Å². The number of aliphatic hydroxyl groups is 1. The highest BCUT2D eigenvalue weighted by molar-refractivity contribution is 5.92. The Labute approximate surface area is 121 Å². The molecule has 116 valence electrons. The molecule has 2 saturated heterocycles. The van der Waals surface area contributed by atoms with Gasteiger partial charge in [-0.25, -0.2) is 4.39 Å². The molecule has 2 unspecified atom stereocenters. The van der Waals surface area contributed by atoms with E-state index in [1.54, 1.807) is 10.9 Å². The number of hydrogen-bond donors (Lipinski definition) is 1. The highest BCUT2D eigenvalue weighted by Gasteiger charge is 2.37. The fourth-order valence-electron chi connectivity index (χ4n) is 2.84. The Morgan fingerprint density at radius 2 is 2.38 bits per heavy atom. The van der Waals surface area contributed by atoms with E-state index in [0.717, 1.165) is 0 Å². The summed E-state index contributed by atoms with van der Waals surface area (Å²) in [7, 11) is 0. The van der Waals surface area contributed by atoms with Crippen molar-refractivity contribution in [3.63, 3.8) is 0 Å². The monoisotopic (exact) mass is 298 g/mol. The zero-order valence-corrected chi connectivity index (χ0v) is 11.9. The Balaban J connectivity index is 1.69. The van der Waals surface area contributed by atoms with Crippen molar-refractivity contribution in [3.05, 3.63) is 11.9 Å². The maximum Gasteiger partial charge on any atom is 0.276 e. The summed E-state index contributed by atoms with van der Waals surface area (Å²) in [5.74, 6) is -0.379. The van der Waals surface area contributed by atoms with Crippen LogP contribution < -0.4 is 0 Å². The molecule has 2 fully saturated rings. The Morgan fingerprint density at radius 1 is 1.62 bits per heavy atom. The van der Waals surface area contributed by atoms with Crippen molar-refractivity contribution in [2.75, 3.05) is 26.4 Å². The predicted octanol–water partition coefficient (Wildman–Crippen LogP) is -0.141. The van der Waals surface area contributed by atoms with Crippen LogP contribution in [0.5, 0.6) is 0 Å². The number of rotatable bonds is 4. The predicted molar refractivity (Wildman–Crippen MR) is 70.4 cm³/mol. The summed E-state index contributed by atoms with van der Waals surface area (Å²) >= 11 is 0. The van der Waals surface area contributed by atoms with Crippen LogP contribution in [-0.4, -0.2) is 69.5 Å². The van der Waals surface area contributed by atoms with E-state index in [1.807, 2.05) is 0 Å². The summed E-state index contributed by atoms with van der Waals surface area (Å²) in [4.78, 5) is 13.7. The molecule has 1 aromatic heterocycles. The minimum atomic E-state index is -1.09. The van der Waals surface area contributed by atoms with Gasteiger partial charge in [0.25, 0.3) is 5.91 Å². The molecule has 1 N–H and O–H groups in total. The third-order valence-corrected chi connectivity index (χ3v) is 4.04. The molecule has 0 radical (unpaired) electrons. The Bertz CT molecular complexity index is 531. The third kappa shape index (κ3) is 2.77. The van der Waals surface area contributed by atoms with Gasteiger partial charge in [-0.15, -0.1) is 5.10 Å². The minimum Gasteiger partial charge on any atom is -0.394 e. The Kier molecular flexibility index (Phi) is 3.66. The van der Waals surface area contributed by atoms with Crippen molar-refractivity contribution in [3.8, 4) is 0 Å². The first-order chi connectivity index (χ1) is 10.0. The number of amides is 1. The van der Waals surface area contributed by atoms with Crippen LogP contribution in [0.25, 0.3) is 0 Å². The van der Waals surface area contributed by atoms with Gasteiger partial charge < -0.3 is 14.7 Å². The van der Waals surface area contributed by atoms with Gasteiger partial charge in [0, 0.05) is 11.8 Å². The molecule has 2 atom stereocenters.